The van der Waals surface area contributed by atoms with Gasteiger partial charge in [0.1, 0.15) is 5.56 Å². The van der Waals surface area contributed by atoms with Crippen molar-refractivity contribution in [3.05, 3.63) is 11.8 Å². The molecular formula is C22H34Cl2F3N5O2. The Morgan fingerprint density at radius 3 is 2.26 bits per heavy atom. The lowest BCUT2D eigenvalue weighted by Crippen LogP contribution is -2.55. The highest BCUT2D eigenvalue weighted by Gasteiger charge is 2.48. The van der Waals surface area contributed by atoms with Crippen LogP contribution in [-0.4, -0.2) is 72.1 Å². The van der Waals surface area contributed by atoms with E-state index in [1.165, 1.54) is 17.3 Å². The monoisotopic (exact) mass is 527 g/mol. The molecule has 34 heavy (non-hydrogen) atoms. The largest absolute Gasteiger partial charge is 0.468 e. The van der Waals surface area contributed by atoms with Crippen molar-refractivity contribution in [3.63, 3.8) is 0 Å². The van der Waals surface area contributed by atoms with Gasteiger partial charge >= 0.3 is 6.18 Å². The van der Waals surface area contributed by atoms with Gasteiger partial charge in [0.25, 0.3) is 5.91 Å². The summed E-state index contributed by atoms with van der Waals surface area (Å²) in [6.45, 7) is 3.09. The van der Waals surface area contributed by atoms with Crippen LogP contribution in [0.1, 0.15) is 42.5 Å². The average Bonchev–Trinajstić information content (AvgIpc) is 3.16. The Labute approximate surface area is 210 Å². The Hall–Kier alpha value is -1.23. The minimum atomic E-state index is -4.48. The number of hydrogen-bond acceptors (Lipinski definition) is 5. The highest BCUT2D eigenvalue weighted by molar-refractivity contribution is 5.96. The van der Waals surface area contributed by atoms with E-state index >= 15 is 0 Å². The smallest absolute Gasteiger partial charge is 0.422 e. The van der Waals surface area contributed by atoms with E-state index in [1.54, 1.807) is 0 Å². The zero-order chi connectivity index (χ0) is 22.3. The lowest BCUT2D eigenvalue weighted by atomic mass is 9.54. The molecule has 1 aliphatic heterocycles. The molecule has 4 aliphatic carbocycles. The molecule has 0 atom stereocenters. The molecule has 1 amide bonds. The SMILES string of the molecule is Cl.Cl.O=C(NC1C2CC3CC(C2)CC1C3)c1cnn(CCN2CCNCC2)c1OCC(F)(F)F. The second kappa shape index (κ2) is 11.2. The van der Waals surface area contributed by atoms with Crippen molar-refractivity contribution in [2.45, 2.75) is 50.9 Å². The van der Waals surface area contributed by atoms with E-state index in [9.17, 15) is 18.0 Å². The van der Waals surface area contributed by atoms with Crippen LogP contribution in [0.2, 0.25) is 0 Å². The number of carbonyl (C=O) groups excluding carboxylic acids is 1. The van der Waals surface area contributed by atoms with Crippen LogP contribution in [0.5, 0.6) is 5.88 Å². The lowest BCUT2D eigenvalue weighted by molar-refractivity contribution is -0.154. The highest BCUT2D eigenvalue weighted by Crippen LogP contribution is 2.53. The van der Waals surface area contributed by atoms with Crippen LogP contribution in [0.15, 0.2) is 6.20 Å². The third kappa shape index (κ3) is 6.12. The van der Waals surface area contributed by atoms with Crippen molar-refractivity contribution in [3.8, 4) is 5.88 Å². The van der Waals surface area contributed by atoms with Gasteiger partial charge in [0.15, 0.2) is 6.61 Å². The third-order valence-corrected chi connectivity index (χ3v) is 7.77. The summed E-state index contributed by atoms with van der Waals surface area (Å²) >= 11 is 0. The van der Waals surface area contributed by atoms with Gasteiger partial charge in [-0.1, -0.05) is 0 Å². The highest BCUT2D eigenvalue weighted by atomic mass is 35.5. The van der Waals surface area contributed by atoms with Gasteiger partial charge in [-0.05, 0) is 55.8 Å². The van der Waals surface area contributed by atoms with Crippen LogP contribution in [0.25, 0.3) is 0 Å². The van der Waals surface area contributed by atoms with Gasteiger partial charge in [-0.2, -0.15) is 18.3 Å². The fourth-order valence-electron chi connectivity index (χ4n) is 6.55. The first-order chi connectivity index (χ1) is 15.4. The summed E-state index contributed by atoms with van der Waals surface area (Å²) < 4.78 is 45.2. The van der Waals surface area contributed by atoms with E-state index in [0.717, 1.165) is 63.7 Å². The second-order valence-electron chi connectivity index (χ2n) is 10.0. The first-order valence-electron chi connectivity index (χ1n) is 11.8. The van der Waals surface area contributed by atoms with Gasteiger partial charge in [-0.15, -0.1) is 24.8 Å². The summed E-state index contributed by atoms with van der Waals surface area (Å²) in [6, 6.07) is 0.106. The van der Waals surface area contributed by atoms with Crippen LogP contribution in [0.3, 0.4) is 0 Å². The first-order valence-corrected chi connectivity index (χ1v) is 11.8. The molecule has 194 valence electrons. The number of ether oxygens (including phenoxy) is 1. The van der Waals surface area contributed by atoms with Crippen molar-refractivity contribution in [2.75, 3.05) is 39.3 Å². The number of nitrogens with one attached hydrogen (secondary N) is 2. The number of amides is 1. The van der Waals surface area contributed by atoms with Crippen molar-refractivity contribution in [1.29, 1.82) is 0 Å². The topological polar surface area (TPSA) is 71.4 Å². The number of nitrogens with zero attached hydrogens (tertiary/aromatic N) is 3. The minimum Gasteiger partial charge on any atom is -0.468 e. The number of halogens is 5. The number of carbonyl (C=O) groups is 1. The van der Waals surface area contributed by atoms with Crippen molar-refractivity contribution < 1.29 is 22.7 Å². The number of alkyl halides is 3. The molecule has 5 aliphatic rings. The van der Waals surface area contributed by atoms with E-state index in [4.69, 9.17) is 4.74 Å². The molecule has 4 saturated carbocycles. The zero-order valence-corrected chi connectivity index (χ0v) is 20.7. The summed E-state index contributed by atoms with van der Waals surface area (Å²) in [7, 11) is 0. The average molecular weight is 528 g/mol. The molecule has 0 spiro atoms. The summed E-state index contributed by atoms with van der Waals surface area (Å²) in [5.41, 5.74) is 0.100. The molecule has 5 fully saturated rings. The molecule has 0 aromatic carbocycles. The standard InChI is InChI=1S/C22H32F3N5O2.2ClH/c23-22(24,25)13-32-21-18(12-27-30(21)6-5-29-3-1-26-2-4-29)20(31)28-19-16-8-14-7-15(10-16)11-17(19)9-14;;/h12,14-17,19,26H,1-11,13H2,(H,28,31);2*1H. The summed E-state index contributed by atoms with van der Waals surface area (Å²) in [6.07, 6.45) is 2.80. The maximum absolute atomic E-state index is 13.2. The molecule has 2 heterocycles. The van der Waals surface area contributed by atoms with E-state index in [1.807, 2.05) is 0 Å². The Kier molecular flexibility index (Phi) is 9.03. The molecular weight excluding hydrogens is 494 g/mol. The summed E-state index contributed by atoms with van der Waals surface area (Å²) in [5.74, 6) is 2.08. The fraction of sp³-hybridized carbons (Fsp3) is 0.818. The maximum Gasteiger partial charge on any atom is 0.422 e. The molecule has 1 aromatic heterocycles. The van der Waals surface area contributed by atoms with E-state index in [0.29, 0.717) is 24.9 Å². The van der Waals surface area contributed by atoms with Crippen LogP contribution < -0.4 is 15.4 Å². The van der Waals surface area contributed by atoms with E-state index in [-0.39, 0.29) is 48.2 Å². The van der Waals surface area contributed by atoms with Crippen molar-refractivity contribution in [1.82, 2.24) is 25.3 Å². The van der Waals surface area contributed by atoms with Crippen LogP contribution in [0, 0.1) is 23.7 Å². The van der Waals surface area contributed by atoms with Gasteiger partial charge < -0.3 is 15.4 Å². The van der Waals surface area contributed by atoms with Gasteiger partial charge in [0, 0.05) is 38.8 Å². The number of aromatic nitrogens is 2. The molecule has 2 N–H and O–H groups in total. The molecule has 1 saturated heterocycles. The van der Waals surface area contributed by atoms with Gasteiger partial charge in [-0.25, -0.2) is 4.68 Å². The fourth-order valence-corrected chi connectivity index (χ4v) is 6.55. The van der Waals surface area contributed by atoms with Crippen molar-refractivity contribution >= 4 is 30.7 Å². The van der Waals surface area contributed by atoms with Crippen LogP contribution in [0.4, 0.5) is 13.2 Å². The maximum atomic E-state index is 13.2. The first kappa shape index (κ1) is 27.4. The van der Waals surface area contributed by atoms with E-state index < -0.39 is 12.8 Å². The normalized spacial score (nSPS) is 30.4. The molecule has 0 unspecified atom stereocenters. The predicted octanol–water partition coefficient (Wildman–Crippen LogP) is 3.13. The third-order valence-electron chi connectivity index (χ3n) is 7.77. The molecule has 7 nitrogen and oxygen atoms in total. The Balaban J connectivity index is 0.00000162. The van der Waals surface area contributed by atoms with Gasteiger partial charge in [0.05, 0.1) is 12.7 Å². The van der Waals surface area contributed by atoms with Gasteiger partial charge in [-0.3, -0.25) is 9.69 Å². The molecule has 4 bridgehead atoms. The Bertz CT molecular complexity index is 804. The van der Waals surface area contributed by atoms with Gasteiger partial charge in [0.2, 0.25) is 5.88 Å². The molecule has 12 heteroatoms. The number of rotatable bonds is 7. The molecule has 1 aromatic rings. The lowest BCUT2D eigenvalue weighted by Gasteiger charge is -2.54. The summed E-state index contributed by atoms with van der Waals surface area (Å²) in [4.78, 5) is 15.4. The molecule has 0 radical (unpaired) electrons. The second-order valence-corrected chi connectivity index (χ2v) is 10.0. The Morgan fingerprint density at radius 1 is 1.06 bits per heavy atom. The Morgan fingerprint density at radius 2 is 1.68 bits per heavy atom. The predicted molar refractivity (Wildman–Crippen MR) is 126 cm³/mol. The minimum absolute atomic E-state index is 0. The summed E-state index contributed by atoms with van der Waals surface area (Å²) in [5, 5.41) is 10.7. The zero-order valence-electron chi connectivity index (χ0n) is 19.1. The quantitative estimate of drug-likeness (QED) is 0.570. The van der Waals surface area contributed by atoms with Crippen molar-refractivity contribution in [2.24, 2.45) is 23.7 Å². The number of piperazine rings is 1. The van der Waals surface area contributed by atoms with Crippen LogP contribution in [-0.2, 0) is 6.54 Å². The number of hydrogen-bond donors (Lipinski definition) is 2. The van der Waals surface area contributed by atoms with Crippen LogP contribution >= 0.6 is 24.8 Å². The molecule has 6 rings (SSSR count). The van der Waals surface area contributed by atoms with E-state index in [2.05, 4.69) is 20.6 Å².